The highest BCUT2D eigenvalue weighted by atomic mass is 16.5. The molecule has 0 aromatic heterocycles. The van der Waals surface area contributed by atoms with E-state index in [2.05, 4.69) is 6.92 Å². The maximum absolute atomic E-state index is 10.5. The maximum atomic E-state index is 10.5. The molecule has 0 aliphatic rings. The Morgan fingerprint density at radius 3 is 2.05 bits per heavy atom. The summed E-state index contributed by atoms with van der Waals surface area (Å²) < 4.78 is 11.2. The summed E-state index contributed by atoms with van der Waals surface area (Å²) in [5.74, 6) is 1.55. The van der Waals surface area contributed by atoms with E-state index in [9.17, 15) is 5.11 Å². The smallest absolute Gasteiger partial charge is 0.121 e. The summed E-state index contributed by atoms with van der Waals surface area (Å²) in [6.07, 6.45) is 0.984. The van der Waals surface area contributed by atoms with Gasteiger partial charge in [0.15, 0.2) is 0 Å². The first-order valence-corrected chi connectivity index (χ1v) is 7.25. The van der Waals surface area contributed by atoms with Crippen molar-refractivity contribution in [3.05, 3.63) is 60.2 Å². The van der Waals surface area contributed by atoms with E-state index in [0.29, 0.717) is 6.61 Å². The third kappa shape index (κ3) is 4.50. The van der Waals surface area contributed by atoms with E-state index in [1.165, 1.54) is 0 Å². The Morgan fingerprint density at radius 2 is 1.48 bits per heavy atom. The molecule has 1 unspecified atom stereocenters. The van der Waals surface area contributed by atoms with Crippen molar-refractivity contribution in [2.75, 3.05) is 13.2 Å². The Balaban J connectivity index is 1.93. The number of aliphatic hydroxyl groups is 1. The highest BCUT2D eigenvalue weighted by molar-refractivity contribution is 5.31. The minimum absolute atomic E-state index is 0.201. The van der Waals surface area contributed by atoms with Crippen molar-refractivity contribution < 1.29 is 14.6 Å². The van der Waals surface area contributed by atoms with Crippen LogP contribution in [-0.4, -0.2) is 18.3 Å². The van der Waals surface area contributed by atoms with E-state index < -0.39 is 5.60 Å². The van der Waals surface area contributed by atoms with Gasteiger partial charge >= 0.3 is 0 Å². The van der Waals surface area contributed by atoms with E-state index in [4.69, 9.17) is 9.47 Å². The second-order valence-corrected chi connectivity index (χ2v) is 5.25. The number of rotatable bonds is 7. The van der Waals surface area contributed by atoms with Crippen LogP contribution in [0.25, 0.3) is 0 Å². The Morgan fingerprint density at radius 1 is 0.905 bits per heavy atom. The van der Waals surface area contributed by atoms with Crippen molar-refractivity contribution in [2.45, 2.75) is 25.9 Å². The van der Waals surface area contributed by atoms with Gasteiger partial charge in [-0.05, 0) is 43.2 Å². The molecule has 1 N–H and O–H groups in total. The molecule has 1 atom stereocenters. The Labute approximate surface area is 126 Å². The van der Waals surface area contributed by atoms with E-state index in [1.54, 1.807) is 6.92 Å². The summed E-state index contributed by atoms with van der Waals surface area (Å²) in [6.45, 7) is 4.74. The van der Waals surface area contributed by atoms with Crippen LogP contribution in [0.2, 0.25) is 0 Å². The van der Waals surface area contributed by atoms with Crippen molar-refractivity contribution in [3.8, 4) is 11.5 Å². The van der Waals surface area contributed by atoms with Gasteiger partial charge in [-0.3, -0.25) is 0 Å². The van der Waals surface area contributed by atoms with Gasteiger partial charge in [0.05, 0.1) is 6.61 Å². The van der Waals surface area contributed by atoms with Crippen molar-refractivity contribution in [3.63, 3.8) is 0 Å². The topological polar surface area (TPSA) is 38.7 Å². The molecule has 2 aromatic carbocycles. The fraction of sp³-hybridized carbons (Fsp3) is 0.333. The van der Waals surface area contributed by atoms with Crippen LogP contribution in [0, 0.1) is 0 Å². The molecule has 21 heavy (non-hydrogen) atoms. The van der Waals surface area contributed by atoms with Crippen LogP contribution in [0.15, 0.2) is 54.6 Å². The van der Waals surface area contributed by atoms with Crippen LogP contribution in [0.3, 0.4) is 0 Å². The molecule has 2 rings (SSSR count). The lowest BCUT2D eigenvalue weighted by Gasteiger charge is -2.24. The highest BCUT2D eigenvalue weighted by Gasteiger charge is 2.23. The second kappa shape index (κ2) is 7.14. The molecule has 0 aliphatic carbocycles. The number of benzene rings is 2. The molecular weight excluding hydrogens is 264 g/mol. The van der Waals surface area contributed by atoms with E-state index in [-0.39, 0.29) is 6.61 Å². The first-order valence-electron chi connectivity index (χ1n) is 7.25. The third-order valence-electron chi connectivity index (χ3n) is 3.21. The molecule has 0 radical (unpaired) electrons. The van der Waals surface area contributed by atoms with Gasteiger partial charge in [-0.2, -0.15) is 0 Å². The minimum Gasteiger partial charge on any atom is -0.494 e. The lowest BCUT2D eigenvalue weighted by molar-refractivity contribution is 0.00758. The average molecular weight is 286 g/mol. The highest BCUT2D eigenvalue weighted by Crippen LogP contribution is 2.23. The van der Waals surface area contributed by atoms with Crippen LogP contribution in [0.4, 0.5) is 0 Å². The third-order valence-corrected chi connectivity index (χ3v) is 3.21. The van der Waals surface area contributed by atoms with Gasteiger partial charge in [0.2, 0.25) is 0 Å². The van der Waals surface area contributed by atoms with Crippen LogP contribution < -0.4 is 9.47 Å². The fourth-order valence-electron chi connectivity index (χ4n) is 1.96. The van der Waals surface area contributed by atoms with Gasteiger partial charge < -0.3 is 14.6 Å². The normalized spacial score (nSPS) is 13.5. The molecule has 0 spiro atoms. The molecule has 0 saturated carbocycles. The SMILES string of the molecule is CCCOc1ccc(OCC(C)(O)c2ccccc2)cc1. The number of ether oxygens (including phenoxy) is 2. The standard InChI is InChI=1S/C18H22O3/c1-3-13-20-16-9-11-17(12-10-16)21-14-18(2,19)15-7-5-4-6-8-15/h4-12,19H,3,13-14H2,1-2H3. The van der Waals surface area contributed by atoms with Gasteiger partial charge in [-0.1, -0.05) is 37.3 Å². The van der Waals surface area contributed by atoms with Crippen molar-refractivity contribution >= 4 is 0 Å². The van der Waals surface area contributed by atoms with Gasteiger partial charge in [-0.15, -0.1) is 0 Å². The molecule has 0 heterocycles. The monoisotopic (exact) mass is 286 g/mol. The van der Waals surface area contributed by atoms with Gasteiger partial charge in [-0.25, -0.2) is 0 Å². The summed E-state index contributed by atoms with van der Waals surface area (Å²) in [5.41, 5.74) is -0.175. The second-order valence-electron chi connectivity index (χ2n) is 5.25. The molecular formula is C18H22O3. The van der Waals surface area contributed by atoms with Crippen molar-refractivity contribution in [1.29, 1.82) is 0 Å². The van der Waals surface area contributed by atoms with Crippen LogP contribution in [0.5, 0.6) is 11.5 Å². The van der Waals surface area contributed by atoms with E-state index in [0.717, 1.165) is 23.5 Å². The predicted octanol–water partition coefficient (Wildman–Crippen LogP) is 3.76. The fourth-order valence-corrected chi connectivity index (χ4v) is 1.96. The molecule has 2 aromatic rings. The average Bonchev–Trinajstić information content (AvgIpc) is 2.53. The molecule has 3 nitrogen and oxygen atoms in total. The van der Waals surface area contributed by atoms with Gasteiger partial charge in [0, 0.05) is 0 Å². The Bertz CT molecular complexity index is 532. The molecule has 0 bridgehead atoms. The summed E-state index contributed by atoms with van der Waals surface area (Å²) in [4.78, 5) is 0. The number of hydrogen-bond donors (Lipinski definition) is 1. The van der Waals surface area contributed by atoms with Crippen LogP contribution in [-0.2, 0) is 5.60 Å². The molecule has 0 amide bonds. The largest absolute Gasteiger partial charge is 0.494 e. The number of hydrogen-bond acceptors (Lipinski definition) is 3. The summed E-state index contributed by atoms with van der Waals surface area (Å²) in [6, 6.07) is 17.0. The predicted molar refractivity (Wildman–Crippen MR) is 83.7 cm³/mol. The maximum Gasteiger partial charge on any atom is 0.121 e. The first-order chi connectivity index (χ1) is 10.1. The summed E-state index contributed by atoms with van der Waals surface area (Å²) >= 11 is 0. The Kier molecular flexibility index (Phi) is 5.23. The van der Waals surface area contributed by atoms with Crippen LogP contribution >= 0.6 is 0 Å². The van der Waals surface area contributed by atoms with Crippen molar-refractivity contribution in [1.82, 2.24) is 0 Å². The Hall–Kier alpha value is -2.00. The lowest BCUT2D eigenvalue weighted by atomic mass is 9.97. The van der Waals surface area contributed by atoms with E-state index >= 15 is 0 Å². The summed E-state index contributed by atoms with van der Waals surface area (Å²) in [5, 5.41) is 10.5. The molecule has 112 valence electrons. The molecule has 0 saturated heterocycles. The van der Waals surface area contributed by atoms with Crippen molar-refractivity contribution in [2.24, 2.45) is 0 Å². The lowest BCUT2D eigenvalue weighted by Crippen LogP contribution is -2.29. The minimum atomic E-state index is -1.02. The van der Waals surface area contributed by atoms with E-state index in [1.807, 2.05) is 54.6 Å². The molecule has 0 aliphatic heterocycles. The van der Waals surface area contributed by atoms with Gasteiger partial charge in [0.25, 0.3) is 0 Å². The zero-order chi connectivity index (χ0) is 15.1. The first kappa shape index (κ1) is 15.4. The zero-order valence-electron chi connectivity index (χ0n) is 12.6. The van der Waals surface area contributed by atoms with Crippen LogP contribution in [0.1, 0.15) is 25.8 Å². The summed E-state index contributed by atoms with van der Waals surface area (Å²) in [7, 11) is 0. The quantitative estimate of drug-likeness (QED) is 0.842. The van der Waals surface area contributed by atoms with Gasteiger partial charge in [0.1, 0.15) is 23.7 Å². The zero-order valence-corrected chi connectivity index (χ0v) is 12.6. The molecule has 3 heteroatoms. The molecule has 0 fully saturated rings.